The Kier molecular flexibility index (Phi) is 4.75. The molecule has 8 nitrogen and oxygen atoms in total. The van der Waals surface area contributed by atoms with Gasteiger partial charge in [-0.25, -0.2) is 4.79 Å². The maximum Gasteiger partial charge on any atom is 0.362 e. The van der Waals surface area contributed by atoms with Crippen molar-refractivity contribution in [3.05, 3.63) is 35.7 Å². The lowest BCUT2D eigenvalue weighted by atomic mass is 9.99. The van der Waals surface area contributed by atoms with E-state index in [0.717, 1.165) is 22.6 Å². The summed E-state index contributed by atoms with van der Waals surface area (Å²) in [5.41, 5.74) is 9.15. The molecule has 0 radical (unpaired) electrons. The number of nitrogens with zero attached hydrogens (tertiary/aromatic N) is 4. The van der Waals surface area contributed by atoms with Crippen LogP contribution in [0.1, 0.15) is 42.9 Å². The average molecular weight is 355 g/mol. The number of hydrogen-bond acceptors (Lipinski definition) is 7. The van der Waals surface area contributed by atoms with Crippen molar-refractivity contribution in [2.45, 2.75) is 26.7 Å². The molecule has 3 rings (SSSR count). The molecule has 0 saturated carbocycles. The summed E-state index contributed by atoms with van der Waals surface area (Å²) in [5, 5.41) is 12.8. The van der Waals surface area contributed by atoms with E-state index in [-0.39, 0.29) is 24.0 Å². The molecule has 136 valence electrons. The first-order valence-electron chi connectivity index (χ1n) is 8.34. The summed E-state index contributed by atoms with van der Waals surface area (Å²) in [5.74, 6) is 0.368. The molecule has 0 unspecified atom stereocenters. The maximum absolute atomic E-state index is 12.0. The second-order valence-corrected chi connectivity index (χ2v) is 6.03. The maximum atomic E-state index is 12.0. The normalized spacial score (nSPS) is 11.1. The third-order valence-electron chi connectivity index (χ3n) is 4.00. The van der Waals surface area contributed by atoms with Crippen LogP contribution in [-0.4, -0.2) is 39.5 Å². The van der Waals surface area contributed by atoms with Gasteiger partial charge in [-0.3, -0.25) is 0 Å². The van der Waals surface area contributed by atoms with E-state index in [9.17, 15) is 4.79 Å². The minimum absolute atomic E-state index is 0.0431. The number of carbonyl (C=O) groups excluding carboxylic acids is 1. The van der Waals surface area contributed by atoms with Gasteiger partial charge in [0.25, 0.3) is 0 Å². The lowest BCUT2D eigenvalue weighted by Gasteiger charge is -2.07. The van der Waals surface area contributed by atoms with Gasteiger partial charge in [-0.1, -0.05) is 26.0 Å². The summed E-state index contributed by atoms with van der Waals surface area (Å²) in [6.07, 6.45) is 0. The summed E-state index contributed by atoms with van der Waals surface area (Å²) in [7, 11) is 1.62. The van der Waals surface area contributed by atoms with E-state index in [1.165, 1.54) is 4.52 Å². The molecule has 0 aliphatic heterocycles. The van der Waals surface area contributed by atoms with Gasteiger partial charge in [0.15, 0.2) is 11.5 Å². The van der Waals surface area contributed by atoms with Gasteiger partial charge in [-0.15, -0.1) is 10.2 Å². The van der Waals surface area contributed by atoms with E-state index >= 15 is 0 Å². The number of nitrogen functional groups attached to an aromatic ring is 1. The van der Waals surface area contributed by atoms with Gasteiger partial charge in [0.05, 0.1) is 25.0 Å². The lowest BCUT2D eigenvalue weighted by Crippen LogP contribution is -2.15. The van der Waals surface area contributed by atoms with Gasteiger partial charge in [-0.2, -0.15) is 9.61 Å². The number of hydrogen-bond donors (Lipinski definition) is 1. The fraction of sp³-hybridized carbons (Fsp3) is 0.333. The van der Waals surface area contributed by atoms with Gasteiger partial charge >= 0.3 is 5.97 Å². The SMILES string of the molecule is CCOC(=O)c1nnc2c(-c3ccc(OC)cc3)c(C(C)C)nn2c1N. The van der Waals surface area contributed by atoms with Gasteiger partial charge in [0.1, 0.15) is 5.75 Å². The van der Waals surface area contributed by atoms with Crippen LogP contribution in [0, 0.1) is 0 Å². The van der Waals surface area contributed by atoms with Crippen LogP contribution >= 0.6 is 0 Å². The summed E-state index contributed by atoms with van der Waals surface area (Å²) < 4.78 is 11.6. The molecule has 0 saturated heterocycles. The van der Waals surface area contributed by atoms with Crippen LogP contribution in [0.15, 0.2) is 24.3 Å². The zero-order valence-corrected chi connectivity index (χ0v) is 15.2. The van der Waals surface area contributed by atoms with Crippen LogP contribution < -0.4 is 10.5 Å². The molecule has 2 heterocycles. The van der Waals surface area contributed by atoms with Crippen LogP contribution in [0.2, 0.25) is 0 Å². The van der Waals surface area contributed by atoms with Crippen molar-refractivity contribution < 1.29 is 14.3 Å². The topological polar surface area (TPSA) is 105 Å². The van der Waals surface area contributed by atoms with E-state index < -0.39 is 5.97 Å². The zero-order chi connectivity index (χ0) is 18.8. The first kappa shape index (κ1) is 17.7. The lowest BCUT2D eigenvalue weighted by molar-refractivity contribution is 0.0519. The second-order valence-electron chi connectivity index (χ2n) is 6.03. The molecule has 8 heteroatoms. The van der Waals surface area contributed by atoms with Crippen LogP contribution in [0.3, 0.4) is 0 Å². The Morgan fingerprint density at radius 1 is 1.23 bits per heavy atom. The number of nitrogens with two attached hydrogens (primary N) is 1. The fourth-order valence-corrected chi connectivity index (χ4v) is 2.72. The molecule has 1 aromatic carbocycles. The summed E-state index contributed by atoms with van der Waals surface area (Å²) >= 11 is 0. The molecular formula is C18H21N5O3. The molecule has 0 spiro atoms. The van der Waals surface area contributed by atoms with E-state index in [1.807, 2.05) is 38.1 Å². The van der Waals surface area contributed by atoms with Crippen molar-refractivity contribution in [1.29, 1.82) is 0 Å². The van der Waals surface area contributed by atoms with Crippen LogP contribution in [0.5, 0.6) is 5.75 Å². The number of benzene rings is 1. The number of carbonyl (C=O) groups is 1. The largest absolute Gasteiger partial charge is 0.497 e. The molecule has 2 N–H and O–H groups in total. The molecule has 0 aliphatic carbocycles. The number of methoxy groups -OCH3 is 1. The summed E-state index contributed by atoms with van der Waals surface area (Å²) in [6, 6.07) is 7.59. The fourth-order valence-electron chi connectivity index (χ4n) is 2.72. The van der Waals surface area contributed by atoms with Crippen molar-refractivity contribution in [2.24, 2.45) is 0 Å². The highest BCUT2D eigenvalue weighted by Gasteiger charge is 2.24. The Balaban J connectivity index is 2.22. The predicted molar refractivity (Wildman–Crippen MR) is 97.2 cm³/mol. The standard InChI is InChI=1S/C18H21N5O3/c1-5-26-18(24)15-16(19)23-17(21-20-15)13(14(22-23)10(2)3)11-6-8-12(25-4)9-7-11/h6-10H,5,19H2,1-4H3. The van der Waals surface area contributed by atoms with E-state index in [0.29, 0.717) is 5.65 Å². The first-order valence-corrected chi connectivity index (χ1v) is 8.34. The Morgan fingerprint density at radius 3 is 2.50 bits per heavy atom. The van der Waals surface area contributed by atoms with Crippen LogP contribution in [-0.2, 0) is 4.74 Å². The van der Waals surface area contributed by atoms with Crippen molar-refractivity contribution in [3.8, 4) is 16.9 Å². The number of aromatic nitrogens is 4. The summed E-state index contributed by atoms with van der Waals surface area (Å²) in [4.78, 5) is 12.0. The number of ether oxygens (including phenoxy) is 2. The number of fused-ring (bicyclic) bond motifs is 1. The molecule has 2 aromatic heterocycles. The monoisotopic (exact) mass is 355 g/mol. The van der Waals surface area contributed by atoms with Crippen molar-refractivity contribution >= 4 is 17.4 Å². The molecular weight excluding hydrogens is 334 g/mol. The van der Waals surface area contributed by atoms with Gasteiger partial charge in [-0.05, 0) is 30.5 Å². The quantitative estimate of drug-likeness (QED) is 0.702. The minimum atomic E-state index is -0.619. The van der Waals surface area contributed by atoms with E-state index in [4.69, 9.17) is 15.2 Å². The molecule has 0 fully saturated rings. The molecule has 0 bridgehead atoms. The number of anilines is 1. The number of esters is 1. The van der Waals surface area contributed by atoms with Crippen molar-refractivity contribution in [2.75, 3.05) is 19.5 Å². The highest BCUT2D eigenvalue weighted by molar-refractivity contribution is 5.93. The Morgan fingerprint density at radius 2 is 1.92 bits per heavy atom. The van der Waals surface area contributed by atoms with Gasteiger partial charge in [0, 0.05) is 0 Å². The Hall–Kier alpha value is -3.16. The Labute approximate surface area is 150 Å². The molecule has 3 aromatic rings. The highest BCUT2D eigenvalue weighted by atomic mass is 16.5. The molecule has 0 amide bonds. The average Bonchev–Trinajstić information content (AvgIpc) is 3.03. The Bertz CT molecular complexity index is 948. The summed E-state index contributed by atoms with van der Waals surface area (Å²) in [6.45, 7) is 6.01. The zero-order valence-electron chi connectivity index (χ0n) is 15.2. The van der Waals surface area contributed by atoms with Gasteiger partial charge in [0.2, 0.25) is 5.69 Å². The predicted octanol–water partition coefficient (Wildman–Crippen LogP) is 2.68. The minimum Gasteiger partial charge on any atom is -0.497 e. The molecule has 0 atom stereocenters. The molecule has 26 heavy (non-hydrogen) atoms. The smallest absolute Gasteiger partial charge is 0.362 e. The van der Waals surface area contributed by atoms with Crippen LogP contribution in [0.25, 0.3) is 16.8 Å². The molecule has 0 aliphatic rings. The number of rotatable bonds is 5. The van der Waals surface area contributed by atoms with Gasteiger partial charge < -0.3 is 15.2 Å². The van der Waals surface area contributed by atoms with Crippen molar-refractivity contribution in [1.82, 2.24) is 19.8 Å². The highest BCUT2D eigenvalue weighted by Crippen LogP contribution is 2.33. The third-order valence-corrected chi connectivity index (χ3v) is 4.00. The van der Waals surface area contributed by atoms with Crippen LogP contribution in [0.4, 0.5) is 5.82 Å². The first-order chi connectivity index (χ1) is 12.5. The van der Waals surface area contributed by atoms with E-state index in [1.54, 1.807) is 14.0 Å². The second kappa shape index (κ2) is 6.99. The van der Waals surface area contributed by atoms with Crippen molar-refractivity contribution in [3.63, 3.8) is 0 Å². The van der Waals surface area contributed by atoms with E-state index in [2.05, 4.69) is 15.3 Å². The third kappa shape index (κ3) is 2.94.